The number of hydrogen-bond acceptors (Lipinski definition) is 3. The van der Waals surface area contributed by atoms with E-state index in [1.165, 1.54) is 12.1 Å². The second-order valence-corrected chi connectivity index (χ2v) is 6.07. The van der Waals surface area contributed by atoms with Crippen molar-refractivity contribution in [3.8, 4) is 0 Å². The average Bonchev–Trinajstić information content (AvgIpc) is 2.15. The topological polar surface area (TPSA) is 71.4 Å². The Labute approximate surface area is 98.3 Å². The van der Waals surface area contributed by atoms with E-state index in [0.717, 1.165) is 5.56 Å². The van der Waals surface area contributed by atoms with E-state index in [1.807, 2.05) is 0 Å². The lowest BCUT2D eigenvalue weighted by Gasteiger charge is -2.08. The standard InChI is InChI=1S/C10H11ClO4S/c1-7(6-10(12)13)8-2-4-9(5-3-8)16(11,14)15/h2-5,7H,6H2,1H3,(H,12,13). The summed E-state index contributed by atoms with van der Waals surface area (Å²) in [5, 5.41) is 8.61. The molecule has 0 spiro atoms. The Kier molecular flexibility index (Phi) is 3.93. The molecule has 0 saturated carbocycles. The Morgan fingerprint density at radius 3 is 2.25 bits per heavy atom. The Bertz CT molecular complexity index is 478. The number of carboxylic acid groups (broad SMARTS) is 1. The fraction of sp³-hybridized carbons (Fsp3) is 0.300. The fourth-order valence-electron chi connectivity index (χ4n) is 1.34. The Hall–Kier alpha value is -1.07. The van der Waals surface area contributed by atoms with Crippen LogP contribution in [0.1, 0.15) is 24.8 Å². The van der Waals surface area contributed by atoms with Gasteiger partial charge in [-0.25, -0.2) is 8.42 Å². The molecule has 6 heteroatoms. The number of rotatable bonds is 4. The highest BCUT2D eigenvalue weighted by atomic mass is 35.7. The maximum atomic E-state index is 11.0. The van der Waals surface area contributed by atoms with Crippen LogP contribution in [0.2, 0.25) is 0 Å². The zero-order chi connectivity index (χ0) is 12.3. The molecule has 1 unspecified atom stereocenters. The van der Waals surface area contributed by atoms with E-state index >= 15 is 0 Å². The van der Waals surface area contributed by atoms with E-state index < -0.39 is 15.0 Å². The van der Waals surface area contributed by atoms with Crippen molar-refractivity contribution in [2.75, 3.05) is 0 Å². The summed E-state index contributed by atoms with van der Waals surface area (Å²) in [7, 11) is 1.44. The number of aliphatic carboxylic acids is 1. The van der Waals surface area contributed by atoms with Crippen molar-refractivity contribution < 1.29 is 18.3 Å². The highest BCUT2D eigenvalue weighted by molar-refractivity contribution is 8.13. The zero-order valence-corrected chi connectivity index (χ0v) is 10.1. The van der Waals surface area contributed by atoms with Crippen LogP contribution in [0.3, 0.4) is 0 Å². The third kappa shape index (κ3) is 3.50. The van der Waals surface area contributed by atoms with Crippen LogP contribution in [0.25, 0.3) is 0 Å². The van der Waals surface area contributed by atoms with E-state index in [-0.39, 0.29) is 17.2 Å². The zero-order valence-electron chi connectivity index (χ0n) is 8.55. The lowest BCUT2D eigenvalue weighted by molar-refractivity contribution is -0.137. The smallest absolute Gasteiger partial charge is 0.303 e. The molecule has 0 fully saturated rings. The third-order valence-electron chi connectivity index (χ3n) is 2.21. The molecule has 1 atom stereocenters. The van der Waals surface area contributed by atoms with E-state index in [0.29, 0.717) is 0 Å². The summed E-state index contributed by atoms with van der Waals surface area (Å²) in [5.74, 6) is -1.05. The minimum Gasteiger partial charge on any atom is -0.481 e. The van der Waals surface area contributed by atoms with Gasteiger partial charge in [0.25, 0.3) is 9.05 Å². The van der Waals surface area contributed by atoms with Gasteiger partial charge in [-0.1, -0.05) is 19.1 Å². The molecule has 0 amide bonds. The van der Waals surface area contributed by atoms with Gasteiger partial charge in [0.2, 0.25) is 0 Å². The highest BCUT2D eigenvalue weighted by Crippen LogP contribution is 2.22. The van der Waals surface area contributed by atoms with Crippen LogP contribution in [0.15, 0.2) is 29.2 Å². The molecule has 0 saturated heterocycles. The summed E-state index contributed by atoms with van der Waals surface area (Å²) in [4.78, 5) is 10.5. The normalized spacial score (nSPS) is 13.4. The fourth-order valence-corrected chi connectivity index (χ4v) is 2.11. The first-order chi connectivity index (χ1) is 7.30. The van der Waals surface area contributed by atoms with E-state index in [2.05, 4.69) is 0 Å². The van der Waals surface area contributed by atoms with Gasteiger partial charge in [-0.2, -0.15) is 0 Å². The molecule has 0 bridgehead atoms. The quantitative estimate of drug-likeness (QED) is 0.845. The summed E-state index contributed by atoms with van der Waals surface area (Å²) in [6.07, 6.45) is 0.00692. The Morgan fingerprint density at radius 1 is 1.38 bits per heavy atom. The van der Waals surface area contributed by atoms with Gasteiger partial charge in [0.1, 0.15) is 0 Å². The maximum Gasteiger partial charge on any atom is 0.303 e. The molecule has 0 heterocycles. The largest absolute Gasteiger partial charge is 0.481 e. The predicted octanol–water partition coefficient (Wildman–Crippen LogP) is 2.19. The van der Waals surface area contributed by atoms with Crippen LogP contribution in [0.4, 0.5) is 0 Å². The monoisotopic (exact) mass is 262 g/mol. The van der Waals surface area contributed by atoms with Crippen LogP contribution >= 0.6 is 10.7 Å². The first-order valence-corrected chi connectivity index (χ1v) is 6.88. The molecule has 4 nitrogen and oxygen atoms in total. The Balaban J connectivity index is 2.91. The summed E-state index contributed by atoms with van der Waals surface area (Å²) in [5.41, 5.74) is 0.770. The maximum absolute atomic E-state index is 11.0. The number of hydrogen-bond donors (Lipinski definition) is 1. The van der Waals surface area contributed by atoms with Gasteiger partial charge in [0, 0.05) is 10.7 Å². The van der Waals surface area contributed by atoms with Crippen molar-refractivity contribution in [2.24, 2.45) is 0 Å². The van der Waals surface area contributed by atoms with E-state index in [4.69, 9.17) is 15.8 Å². The summed E-state index contributed by atoms with van der Waals surface area (Å²) in [6, 6.07) is 5.89. The molecule has 0 aliphatic carbocycles. The molecular formula is C10H11ClO4S. The second kappa shape index (κ2) is 4.84. The number of halogens is 1. The highest BCUT2D eigenvalue weighted by Gasteiger charge is 2.13. The van der Waals surface area contributed by atoms with Crippen molar-refractivity contribution in [1.82, 2.24) is 0 Å². The third-order valence-corrected chi connectivity index (χ3v) is 3.58. The lowest BCUT2D eigenvalue weighted by Crippen LogP contribution is -2.03. The Morgan fingerprint density at radius 2 is 1.88 bits per heavy atom. The molecule has 1 N–H and O–H groups in total. The number of benzene rings is 1. The average molecular weight is 263 g/mol. The summed E-state index contributed by atoms with van der Waals surface area (Å²) in [6.45, 7) is 1.76. The molecule has 1 aromatic rings. The van der Waals surface area contributed by atoms with Crippen LogP contribution in [0.5, 0.6) is 0 Å². The van der Waals surface area contributed by atoms with Gasteiger partial charge in [-0.3, -0.25) is 4.79 Å². The molecule has 1 aromatic carbocycles. The SMILES string of the molecule is CC(CC(=O)O)c1ccc(S(=O)(=O)Cl)cc1. The first-order valence-electron chi connectivity index (χ1n) is 4.57. The molecular weight excluding hydrogens is 252 g/mol. The number of carboxylic acids is 1. The predicted molar refractivity (Wildman–Crippen MR) is 60.1 cm³/mol. The minimum atomic E-state index is -3.71. The molecule has 0 aliphatic heterocycles. The van der Waals surface area contributed by atoms with Gasteiger partial charge in [-0.15, -0.1) is 0 Å². The minimum absolute atomic E-state index is 0.00692. The molecule has 0 aromatic heterocycles. The van der Waals surface area contributed by atoms with Crippen LogP contribution in [-0.2, 0) is 13.8 Å². The van der Waals surface area contributed by atoms with Crippen LogP contribution in [0, 0.1) is 0 Å². The van der Waals surface area contributed by atoms with Gasteiger partial charge < -0.3 is 5.11 Å². The molecule has 0 aliphatic rings. The van der Waals surface area contributed by atoms with Gasteiger partial charge in [0.15, 0.2) is 0 Å². The van der Waals surface area contributed by atoms with Gasteiger partial charge in [0.05, 0.1) is 11.3 Å². The molecule has 16 heavy (non-hydrogen) atoms. The van der Waals surface area contributed by atoms with Crippen molar-refractivity contribution in [3.05, 3.63) is 29.8 Å². The number of carbonyl (C=O) groups is 1. The summed E-state index contributed by atoms with van der Waals surface area (Å²) >= 11 is 0. The van der Waals surface area contributed by atoms with Gasteiger partial charge in [-0.05, 0) is 23.6 Å². The molecule has 88 valence electrons. The van der Waals surface area contributed by atoms with Crippen molar-refractivity contribution in [1.29, 1.82) is 0 Å². The summed E-state index contributed by atoms with van der Waals surface area (Å²) < 4.78 is 21.9. The molecule has 0 radical (unpaired) electrons. The van der Waals surface area contributed by atoms with E-state index in [1.54, 1.807) is 19.1 Å². The van der Waals surface area contributed by atoms with Crippen LogP contribution < -0.4 is 0 Å². The second-order valence-electron chi connectivity index (χ2n) is 3.51. The van der Waals surface area contributed by atoms with E-state index in [9.17, 15) is 13.2 Å². The van der Waals surface area contributed by atoms with Crippen LogP contribution in [-0.4, -0.2) is 19.5 Å². The van der Waals surface area contributed by atoms with Crippen molar-refractivity contribution >= 4 is 25.7 Å². The van der Waals surface area contributed by atoms with Gasteiger partial charge >= 0.3 is 5.97 Å². The van der Waals surface area contributed by atoms with Crippen molar-refractivity contribution in [3.63, 3.8) is 0 Å². The molecule has 1 rings (SSSR count). The van der Waals surface area contributed by atoms with Crippen molar-refractivity contribution in [2.45, 2.75) is 24.2 Å². The first kappa shape index (κ1) is 13.0. The lowest BCUT2D eigenvalue weighted by atomic mass is 9.98.